The summed E-state index contributed by atoms with van der Waals surface area (Å²) in [5, 5.41) is 8.26. The quantitative estimate of drug-likeness (QED) is 0.207. The van der Waals surface area contributed by atoms with Crippen LogP contribution in [0.3, 0.4) is 0 Å². The van der Waals surface area contributed by atoms with Gasteiger partial charge < -0.3 is 4.42 Å². The predicted molar refractivity (Wildman–Crippen MR) is 243 cm³/mol. The zero-order chi connectivity index (χ0) is 37.9. The summed E-state index contributed by atoms with van der Waals surface area (Å²) < 4.78 is 6.34. The van der Waals surface area contributed by atoms with Gasteiger partial charge in [0, 0.05) is 10.8 Å². The third-order valence-corrected chi connectivity index (χ3v) is 11.2. The van der Waals surface area contributed by atoms with Crippen LogP contribution in [0, 0.1) is 0 Å². The minimum Gasteiger partial charge on any atom is -0.456 e. The molecule has 10 aromatic rings. The van der Waals surface area contributed by atoms with Crippen molar-refractivity contribution in [3.63, 3.8) is 0 Å². The van der Waals surface area contributed by atoms with E-state index in [0.717, 1.165) is 54.8 Å². The summed E-state index contributed by atoms with van der Waals surface area (Å²) in [7, 11) is 55.2. The average Bonchev–Trinajstić information content (AvgIpc) is 3.61. The van der Waals surface area contributed by atoms with Crippen molar-refractivity contribution in [1.82, 2.24) is 0 Å². The van der Waals surface area contributed by atoms with Crippen molar-refractivity contribution < 1.29 is 4.42 Å². The highest BCUT2D eigenvalue weighted by molar-refractivity contribution is 6.71. The van der Waals surface area contributed by atoms with E-state index in [0.29, 0.717) is 38.3 Å². The van der Waals surface area contributed by atoms with Gasteiger partial charge >= 0.3 is 0 Å². The van der Waals surface area contributed by atoms with Crippen LogP contribution >= 0.6 is 0 Å². The molecule has 0 spiro atoms. The van der Waals surface area contributed by atoms with Crippen LogP contribution in [0.25, 0.3) is 98.4 Å². The van der Waals surface area contributed by atoms with E-state index in [1.165, 1.54) is 5.39 Å². The standard InChI is InChI=1S/C46H20B8O/c47-39-35-33(27-19-18-24(25-10-3-4-11-26(25)27)23-17-16-21-8-1-2-9-22(21)20-23)36-38(42(50)46(54)44(52)40(36)48)34(37(35)41(49)45(53)43(39)51)29-13-7-15-31-32(29)28-12-5-6-14-30(28)55-31/h1-20H. The maximum Gasteiger partial charge on any atom is 0.136 e. The van der Waals surface area contributed by atoms with E-state index >= 15 is 0 Å². The lowest BCUT2D eigenvalue weighted by atomic mass is 9.59. The second-order valence-corrected chi connectivity index (χ2v) is 14.1. The molecular weight excluding hydrogens is 655 g/mol. The smallest absolute Gasteiger partial charge is 0.136 e. The summed E-state index contributed by atoms with van der Waals surface area (Å²) >= 11 is 0. The van der Waals surface area contributed by atoms with Crippen molar-refractivity contribution in [2.45, 2.75) is 0 Å². The highest BCUT2D eigenvalue weighted by Crippen LogP contribution is 2.46. The first-order chi connectivity index (χ1) is 26.7. The fourth-order valence-corrected chi connectivity index (χ4v) is 8.59. The van der Waals surface area contributed by atoms with Crippen molar-refractivity contribution >= 4 is 172 Å². The molecule has 0 bridgehead atoms. The second kappa shape index (κ2) is 12.4. The van der Waals surface area contributed by atoms with Crippen molar-refractivity contribution in [2.75, 3.05) is 0 Å². The Balaban J connectivity index is 1.43. The first-order valence-electron chi connectivity index (χ1n) is 17.8. The van der Waals surface area contributed by atoms with Crippen LogP contribution in [-0.2, 0) is 0 Å². The molecule has 9 heteroatoms. The maximum absolute atomic E-state index is 7.11. The zero-order valence-electron chi connectivity index (χ0n) is 29.6. The Hall–Kier alpha value is -5.66. The SMILES string of the molecule is [B]c1c([B])c([B])c2c(-c3cccc4oc5ccccc5c34)c3c([B])c([B])c([B])c([B])c3c(-c3ccc(-c4ccc5ccccc5c4)c4ccccc34)c2c1[B]. The van der Waals surface area contributed by atoms with Crippen LogP contribution in [0.2, 0.25) is 0 Å². The fraction of sp³-hybridized carbons (Fsp3) is 0. The van der Waals surface area contributed by atoms with E-state index in [-0.39, 0.29) is 43.7 Å². The monoisotopic (exact) mass is 676 g/mol. The van der Waals surface area contributed by atoms with Gasteiger partial charge in [0.05, 0.1) is 0 Å². The molecule has 0 unspecified atom stereocenters. The summed E-state index contributed by atoms with van der Waals surface area (Å²) in [5.41, 5.74) is 8.04. The van der Waals surface area contributed by atoms with Crippen molar-refractivity contribution in [3.8, 4) is 33.4 Å². The van der Waals surface area contributed by atoms with Crippen molar-refractivity contribution in [1.29, 1.82) is 0 Å². The Morgan fingerprint density at radius 2 is 0.782 bits per heavy atom. The van der Waals surface area contributed by atoms with Gasteiger partial charge in [0.1, 0.15) is 73.9 Å². The van der Waals surface area contributed by atoms with Crippen molar-refractivity contribution in [3.05, 3.63) is 121 Å². The maximum atomic E-state index is 7.11. The van der Waals surface area contributed by atoms with E-state index in [2.05, 4.69) is 54.6 Å². The lowest BCUT2D eigenvalue weighted by molar-refractivity contribution is 0.669. The molecule has 55 heavy (non-hydrogen) atoms. The Kier molecular flexibility index (Phi) is 7.66. The van der Waals surface area contributed by atoms with Crippen LogP contribution in [0.5, 0.6) is 0 Å². The third kappa shape index (κ3) is 4.78. The topological polar surface area (TPSA) is 13.1 Å². The summed E-state index contributed by atoms with van der Waals surface area (Å²) in [6.07, 6.45) is 0. The molecule has 0 saturated heterocycles. The number of benzene rings is 9. The lowest BCUT2D eigenvalue weighted by Crippen LogP contribution is -2.50. The van der Waals surface area contributed by atoms with Gasteiger partial charge in [-0.1, -0.05) is 125 Å². The van der Waals surface area contributed by atoms with E-state index in [1.54, 1.807) is 0 Å². The molecule has 1 heterocycles. The molecule has 0 fully saturated rings. The molecule has 0 aliphatic rings. The molecular formula is C46H20B8O. The number of hydrogen-bond donors (Lipinski definition) is 0. The molecule has 1 aromatic heterocycles. The minimum absolute atomic E-state index is 0.159. The summed E-state index contributed by atoms with van der Waals surface area (Å²) in [4.78, 5) is 0. The van der Waals surface area contributed by atoms with Gasteiger partial charge in [0.15, 0.2) is 0 Å². The number of para-hydroxylation sites is 1. The lowest BCUT2D eigenvalue weighted by Gasteiger charge is -2.29. The summed E-state index contributed by atoms with van der Waals surface area (Å²) in [5.74, 6) is 0. The van der Waals surface area contributed by atoms with Gasteiger partial charge in [0.25, 0.3) is 0 Å². The highest BCUT2D eigenvalue weighted by Gasteiger charge is 2.27. The molecule has 0 N–H and O–H groups in total. The van der Waals surface area contributed by atoms with E-state index in [1.807, 2.05) is 66.7 Å². The third-order valence-electron chi connectivity index (χ3n) is 11.2. The molecule has 234 valence electrons. The average molecular weight is 675 g/mol. The predicted octanol–water partition coefficient (Wildman–Crippen LogP) is 3.55. The largest absolute Gasteiger partial charge is 0.456 e. The molecule has 0 atom stereocenters. The number of hydrogen-bond acceptors (Lipinski definition) is 1. The first-order valence-corrected chi connectivity index (χ1v) is 17.8. The first kappa shape index (κ1) is 33.9. The van der Waals surface area contributed by atoms with Crippen LogP contribution in [0.15, 0.2) is 126 Å². The van der Waals surface area contributed by atoms with E-state index in [9.17, 15) is 0 Å². The highest BCUT2D eigenvalue weighted by atomic mass is 16.3. The van der Waals surface area contributed by atoms with Gasteiger partial charge in [-0.25, -0.2) is 0 Å². The Morgan fingerprint density at radius 1 is 0.309 bits per heavy atom. The Labute approximate surface area is 329 Å². The molecule has 0 amide bonds. The summed E-state index contributed by atoms with van der Waals surface area (Å²) in [6.45, 7) is 0. The molecule has 0 aliphatic heterocycles. The Morgan fingerprint density at radius 3 is 1.40 bits per heavy atom. The second-order valence-electron chi connectivity index (χ2n) is 14.1. The van der Waals surface area contributed by atoms with Gasteiger partial charge in [0.2, 0.25) is 0 Å². The molecule has 0 saturated carbocycles. The number of fused-ring (bicyclic) bond motifs is 7. The molecule has 10 rings (SSSR count). The van der Waals surface area contributed by atoms with E-state index in [4.69, 9.17) is 67.2 Å². The van der Waals surface area contributed by atoms with Gasteiger partial charge in [-0.2, -0.15) is 0 Å². The minimum atomic E-state index is 0.159. The molecule has 9 aromatic carbocycles. The molecule has 0 aliphatic carbocycles. The zero-order valence-corrected chi connectivity index (χ0v) is 29.6. The number of rotatable bonds is 3. The van der Waals surface area contributed by atoms with Crippen LogP contribution in [0.4, 0.5) is 0 Å². The molecule has 16 radical (unpaired) electrons. The van der Waals surface area contributed by atoms with Crippen LogP contribution in [0.1, 0.15) is 0 Å². The fourth-order valence-electron chi connectivity index (χ4n) is 8.59. The van der Waals surface area contributed by atoms with E-state index < -0.39 is 0 Å². The van der Waals surface area contributed by atoms with Gasteiger partial charge in [-0.3, -0.25) is 0 Å². The number of furan rings is 1. The normalized spacial score (nSPS) is 11.9. The Bertz CT molecular complexity index is 3230. The van der Waals surface area contributed by atoms with Gasteiger partial charge in [-0.15, -0.1) is 21.9 Å². The summed E-state index contributed by atoms with van der Waals surface area (Å²) in [6, 6.07) is 40.9. The van der Waals surface area contributed by atoms with Crippen LogP contribution < -0.4 is 43.7 Å². The van der Waals surface area contributed by atoms with Crippen LogP contribution in [-0.4, -0.2) is 62.8 Å². The molecule has 1 nitrogen and oxygen atoms in total. The van der Waals surface area contributed by atoms with Crippen molar-refractivity contribution in [2.24, 2.45) is 0 Å². The van der Waals surface area contributed by atoms with Gasteiger partial charge in [-0.05, 0) is 94.7 Å².